The van der Waals surface area contributed by atoms with E-state index in [0.717, 1.165) is 12.1 Å². The van der Waals surface area contributed by atoms with Gasteiger partial charge in [-0.1, -0.05) is 6.92 Å². The van der Waals surface area contributed by atoms with Crippen LogP contribution in [0.25, 0.3) is 0 Å². The van der Waals surface area contributed by atoms with Gasteiger partial charge in [0.25, 0.3) is 0 Å². The van der Waals surface area contributed by atoms with E-state index in [0.29, 0.717) is 17.8 Å². The van der Waals surface area contributed by atoms with Crippen LogP contribution in [0.5, 0.6) is 5.88 Å². The number of hydrogen-bond acceptors (Lipinski definition) is 4. The Kier molecular flexibility index (Phi) is 5.35. The highest BCUT2D eigenvalue weighted by Gasteiger charge is 2.18. The maximum absolute atomic E-state index is 5.59. The summed E-state index contributed by atoms with van der Waals surface area (Å²) in [6, 6.07) is 2.34. The second-order valence-electron chi connectivity index (χ2n) is 4.54. The molecule has 0 amide bonds. The number of hydrogen-bond donors (Lipinski definition) is 1. The fourth-order valence-corrected chi connectivity index (χ4v) is 1.88. The van der Waals surface area contributed by atoms with Crippen LogP contribution in [-0.2, 0) is 0 Å². The minimum atomic E-state index is 0.138. The Morgan fingerprint density at radius 3 is 2.53 bits per heavy atom. The first-order chi connectivity index (χ1) is 8.08. The molecule has 17 heavy (non-hydrogen) atoms. The molecule has 0 aliphatic carbocycles. The quantitative estimate of drug-likeness (QED) is 0.825. The molecule has 0 radical (unpaired) electrons. The Balaban J connectivity index is 2.88. The number of likely N-dealkylation sites (N-methyl/N-ethyl adjacent to an activating group) is 1. The van der Waals surface area contributed by atoms with Crippen LogP contribution >= 0.6 is 0 Å². The Morgan fingerprint density at radius 1 is 1.29 bits per heavy atom. The number of rotatable bonds is 6. The lowest BCUT2D eigenvalue weighted by Crippen LogP contribution is -2.29. The number of nitrogens with one attached hydrogen (secondary N) is 1. The molecule has 1 aromatic rings. The topological polar surface area (TPSA) is 47.0 Å². The first-order valence-corrected chi connectivity index (χ1v) is 6.24. The molecule has 0 bridgehead atoms. The van der Waals surface area contributed by atoms with Crippen molar-refractivity contribution in [3.05, 3.63) is 18.1 Å². The molecular formula is C13H23N3O. The highest BCUT2D eigenvalue weighted by molar-refractivity contribution is 5.18. The zero-order chi connectivity index (χ0) is 12.8. The van der Waals surface area contributed by atoms with E-state index >= 15 is 0 Å². The minimum absolute atomic E-state index is 0.138. The van der Waals surface area contributed by atoms with E-state index in [9.17, 15) is 0 Å². The molecule has 2 unspecified atom stereocenters. The molecule has 4 heteroatoms. The Bertz CT molecular complexity index is 341. The van der Waals surface area contributed by atoms with Crippen molar-refractivity contribution >= 4 is 0 Å². The fraction of sp³-hybridized carbons (Fsp3) is 0.692. The lowest BCUT2D eigenvalue weighted by Gasteiger charge is -2.22. The first kappa shape index (κ1) is 13.9. The zero-order valence-corrected chi connectivity index (χ0v) is 11.4. The van der Waals surface area contributed by atoms with Crippen molar-refractivity contribution in [2.45, 2.75) is 52.2 Å². The standard InChI is InChI=1S/C13H23N3O/c1-6-11(10(4)14-5)12-7-13(16-8-15-12)17-9(2)3/h7-11,14H,6H2,1-5H3. The molecule has 0 spiro atoms. The van der Waals surface area contributed by atoms with Gasteiger partial charge in [0.15, 0.2) is 0 Å². The van der Waals surface area contributed by atoms with Gasteiger partial charge in [-0.15, -0.1) is 0 Å². The van der Waals surface area contributed by atoms with Gasteiger partial charge in [0.1, 0.15) is 6.33 Å². The van der Waals surface area contributed by atoms with E-state index in [1.807, 2.05) is 27.0 Å². The second kappa shape index (κ2) is 6.55. The summed E-state index contributed by atoms with van der Waals surface area (Å²) >= 11 is 0. The maximum Gasteiger partial charge on any atom is 0.216 e. The summed E-state index contributed by atoms with van der Waals surface area (Å²) < 4.78 is 5.59. The van der Waals surface area contributed by atoms with Crippen molar-refractivity contribution in [1.29, 1.82) is 0 Å². The van der Waals surface area contributed by atoms with Crippen LogP contribution in [0.1, 0.15) is 45.7 Å². The molecule has 1 N–H and O–H groups in total. The van der Waals surface area contributed by atoms with Crippen LogP contribution in [0.4, 0.5) is 0 Å². The summed E-state index contributed by atoms with van der Waals surface area (Å²) in [5, 5.41) is 3.27. The minimum Gasteiger partial charge on any atom is -0.475 e. The van der Waals surface area contributed by atoms with Gasteiger partial charge >= 0.3 is 0 Å². The number of nitrogens with zero attached hydrogens (tertiary/aromatic N) is 2. The van der Waals surface area contributed by atoms with Gasteiger partial charge < -0.3 is 10.1 Å². The van der Waals surface area contributed by atoms with Gasteiger partial charge in [0.2, 0.25) is 5.88 Å². The van der Waals surface area contributed by atoms with E-state index in [1.165, 1.54) is 0 Å². The van der Waals surface area contributed by atoms with Crippen molar-refractivity contribution in [1.82, 2.24) is 15.3 Å². The van der Waals surface area contributed by atoms with Gasteiger partial charge in [-0.3, -0.25) is 0 Å². The molecule has 96 valence electrons. The van der Waals surface area contributed by atoms with Gasteiger partial charge in [0, 0.05) is 18.0 Å². The van der Waals surface area contributed by atoms with Gasteiger partial charge in [-0.2, -0.15) is 0 Å². The maximum atomic E-state index is 5.59. The van der Waals surface area contributed by atoms with E-state index in [-0.39, 0.29) is 6.10 Å². The Morgan fingerprint density at radius 2 is 2.00 bits per heavy atom. The molecule has 4 nitrogen and oxygen atoms in total. The number of aromatic nitrogens is 2. The molecule has 0 saturated carbocycles. The Hall–Kier alpha value is -1.16. The van der Waals surface area contributed by atoms with Crippen LogP contribution in [0.2, 0.25) is 0 Å². The Labute approximate surface area is 104 Å². The lowest BCUT2D eigenvalue weighted by atomic mass is 9.94. The van der Waals surface area contributed by atoms with Gasteiger partial charge in [-0.25, -0.2) is 9.97 Å². The van der Waals surface area contributed by atoms with Gasteiger partial charge in [0.05, 0.1) is 11.8 Å². The van der Waals surface area contributed by atoms with Crippen molar-refractivity contribution in [3.63, 3.8) is 0 Å². The molecule has 1 heterocycles. The molecule has 0 fully saturated rings. The average molecular weight is 237 g/mol. The predicted octanol–water partition coefficient (Wildman–Crippen LogP) is 2.37. The largest absolute Gasteiger partial charge is 0.475 e. The summed E-state index contributed by atoms with van der Waals surface area (Å²) in [5.41, 5.74) is 1.04. The third-order valence-electron chi connectivity index (χ3n) is 2.90. The van der Waals surface area contributed by atoms with Crippen LogP contribution in [0, 0.1) is 0 Å². The monoisotopic (exact) mass is 237 g/mol. The molecule has 1 rings (SSSR count). The van der Waals surface area contributed by atoms with Crippen LogP contribution in [0.3, 0.4) is 0 Å². The van der Waals surface area contributed by atoms with Crippen molar-refractivity contribution in [2.24, 2.45) is 0 Å². The van der Waals surface area contributed by atoms with Crippen molar-refractivity contribution < 1.29 is 4.74 Å². The number of ether oxygens (including phenoxy) is 1. The molecule has 0 aliphatic heterocycles. The SMILES string of the molecule is CCC(c1cc(OC(C)C)ncn1)C(C)NC. The van der Waals surface area contributed by atoms with E-state index in [4.69, 9.17) is 4.74 Å². The normalized spacial score (nSPS) is 14.7. The van der Waals surface area contributed by atoms with E-state index < -0.39 is 0 Å². The van der Waals surface area contributed by atoms with E-state index in [1.54, 1.807) is 6.33 Å². The molecular weight excluding hydrogens is 214 g/mol. The molecule has 2 atom stereocenters. The highest BCUT2D eigenvalue weighted by Crippen LogP contribution is 2.23. The smallest absolute Gasteiger partial charge is 0.216 e. The average Bonchev–Trinajstić information content (AvgIpc) is 2.29. The van der Waals surface area contributed by atoms with Crippen LogP contribution in [-0.4, -0.2) is 29.2 Å². The van der Waals surface area contributed by atoms with Crippen molar-refractivity contribution in [2.75, 3.05) is 7.05 Å². The molecule has 0 aromatic carbocycles. The third kappa shape index (κ3) is 3.97. The van der Waals surface area contributed by atoms with Crippen molar-refractivity contribution in [3.8, 4) is 5.88 Å². The summed E-state index contributed by atoms with van der Waals surface area (Å²) in [5.74, 6) is 1.05. The lowest BCUT2D eigenvalue weighted by molar-refractivity contribution is 0.231. The summed E-state index contributed by atoms with van der Waals surface area (Å²) in [7, 11) is 1.97. The summed E-state index contributed by atoms with van der Waals surface area (Å²) in [4.78, 5) is 8.48. The first-order valence-electron chi connectivity index (χ1n) is 6.24. The van der Waals surface area contributed by atoms with E-state index in [2.05, 4.69) is 29.1 Å². The molecule has 1 aromatic heterocycles. The third-order valence-corrected chi connectivity index (χ3v) is 2.90. The predicted molar refractivity (Wildman–Crippen MR) is 69.3 cm³/mol. The summed E-state index contributed by atoms with van der Waals surface area (Å²) in [6.07, 6.45) is 2.76. The fourth-order valence-electron chi connectivity index (χ4n) is 1.88. The second-order valence-corrected chi connectivity index (χ2v) is 4.54. The zero-order valence-electron chi connectivity index (χ0n) is 11.4. The van der Waals surface area contributed by atoms with Crippen LogP contribution in [0.15, 0.2) is 12.4 Å². The highest BCUT2D eigenvalue weighted by atomic mass is 16.5. The molecule has 0 saturated heterocycles. The van der Waals surface area contributed by atoms with Crippen LogP contribution < -0.4 is 10.1 Å². The summed E-state index contributed by atoms with van der Waals surface area (Å²) in [6.45, 7) is 8.33. The molecule has 0 aliphatic rings. The van der Waals surface area contributed by atoms with Gasteiger partial charge in [-0.05, 0) is 34.2 Å².